The lowest BCUT2D eigenvalue weighted by molar-refractivity contribution is 0.0526. The molecule has 0 bridgehead atoms. The van der Waals surface area contributed by atoms with Gasteiger partial charge in [-0.1, -0.05) is 57.8 Å². The molecule has 0 atom stereocenters. The van der Waals surface area contributed by atoms with Crippen molar-refractivity contribution in [3.05, 3.63) is 29.8 Å². The first kappa shape index (κ1) is 20.8. The van der Waals surface area contributed by atoms with Crippen LogP contribution in [0.2, 0.25) is 25.7 Å². The molecule has 24 heavy (non-hydrogen) atoms. The van der Waals surface area contributed by atoms with E-state index in [-0.39, 0.29) is 5.97 Å². The number of benzene rings is 1. The lowest BCUT2D eigenvalue weighted by Crippen LogP contribution is -2.18. The van der Waals surface area contributed by atoms with Gasteiger partial charge in [-0.2, -0.15) is 0 Å². The van der Waals surface area contributed by atoms with Crippen molar-refractivity contribution >= 4 is 19.7 Å². The van der Waals surface area contributed by atoms with Gasteiger partial charge in [0.1, 0.15) is 0 Å². The Morgan fingerprint density at radius 1 is 0.958 bits per heavy atom. The average Bonchev–Trinajstić information content (AvgIpc) is 2.53. The van der Waals surface area contributed by atoms with Gasteiger partial charge in [-0.25, -0.2) is 4.79 Å². The Morgan fingerprint density at radius 2 is 1.54 bits per heavy atom. The highest BCUT2D eigenvalue weighted by Gasteiger charge is 2.11. The van der Waals surface area contributed by atoms with E-state index in [9.17, 15) is 4.79 Å². The molecule has 1 aromatic rings. The molecule has 0 aliphatic rings. The average molecular weight is 350 g/mol. The van der Waals surface area contributed by atoms with Crippen LogP contribution in [0.1, 0.15) is 55.8 Å². The molecule has 0 radical (unpaired) electrons. The van der Waals surface area contributed by atoms with Gasteiger partial charge in [0.2, 0.25) is 0 Å². The van der Waals surface area contributed by atoms with Crippen molar-refractivity contribution in [1.82, 2.24) is 0 Å². The summed E-state index contributed by atoms with van der Waals surface area (Å²) in [5.74, 6) is -0.252. The molecule has 1 aromatic carbocycles. The summed E-state index contributed by atoms with van der Waals surface area (Å²) >= 11 is 0. The number of ether oxygens (including phenoxy) is 1. The molecule has 0 heterocycles. The second kappa shape index (κ2) is 11.3. The van der Waals surface area contributed by atoms with Crippen molar-refractivity contribution in [3.63, 3.8) is 0 Å². The molecule has 0 spiro atoms. The van der Waals surface area contributed by atoms with Gasteiger partial charge in [0.25, 0.3) is 0 Å². The van der Waals surface area contributed by atoms with E-state index in [2.05, 4.69) is 25.0 Å². The first-order valence-electron chi connectivity index (χ1n) is 9.43. The topological polar surface area (TPSA) is 38.3 Å². The number of esters is 1. The Labute approximate surface area is 149 Å². The second-order valence-corrected chi connectivity index (χ2v) is 13.3. The van der Waals surface area contributed by atoms with Crippen molar-refractivity contribution in [2.75, 3.05) is 18.5 Å². The van der Waals surface area contributed by atoms with Crippen LogP contribution in [0, 0.1) is 0 Å². The molecule has 1 rings (SSSR count). The van der Waals surface area contributed by atoms with E-state index in [4.69, 9.17) is 4.74 Å². The molecule has 0 aromatic heterocycles. The van der Waals surface area contributed by atoms with Crippen LogP contribution in [-0.2, 0) is 4.74 Å². The van der Waals surface area contributed by atoms with Crippen molar-refractivity contribution in [1.29, 1.82) is 0 Å². The third kappa shape index (κ3) is 9.76. The minimum absolute atomic E-state index is 0.252. The van der Waals surface area contributed by atoms with Crippen LogP contribution in [0.5, 0.6) is 0 Å². The molecule has 0 fully saturated rings. The molecular formula is C20H35NO2Si. The Morgan fingerprint density at radius 3 is 2.12 bits per heavy atom. The van der Waals surface area contributed by atoms with Gasteiger partial charge in [-0.3, -0.25) is 0 Å². The summed E-state index contributed by atoms with van der Waals surface area (Å²) in [6.45, 7) is 10.6. The minimum atomic E-state index is -0.831. The summed E-state index contributed by atoms with van der Waals surface area (Å²) < 4.78 is 4.98. The highest BCUT2D eigenvalue weighted by molar-refractivity contribution is 6.76. The summed E-state index contributed by atoms with van der Waals surface area (Å²) in [5, 5.41) is 3.42. The zero-order valence-corrected chi connectivity index (χ0v) is 17.0. The van der Waals surface area contributed by atoms with E-state index in [1.54, 1.807) is 0 Å². The number of hydrogen-bond donors (Lipinski definition) is 1. The summed E-state index contributed by atoms with van der Waals surface area (Å²) in [4.78, 5) is 11.6. The Hall–Kier alpha value is -1.29. The zero-order valence-electron chi connectivity index (χ0n) is 16.0. The highest BCUT2D eigenvalue weighted by atomic mass is 28.3. The number of carbonyl (C=O) groups is 1. The number of unbranched alkanes of at least 4 members (excludes halogenated alkanes) is 5. The molecule has 1 N–H and O–H groups in total. The zero-order chi connectivity index (χ0) is 17.8. The number of nitrogens with one attached hydrogen (secondary N) is 1. The van der Waals surface area contributed by atoms with E-state index in [1.807, 2.05) is 31.2 Å². The highest BCUT2D eigenvalue weighted by Crippen LogP contribution is 2.16. The predicted molar refractivity (Wildman–Crippen MR) is 107 cm³/mol. The lowest BCUT2D eigenvalue weighted by Gasteiger charge is -2.14. The van der Waals surface area contributed by atoms with Gasteiger partial charge in [0, 0.05) is 20.3 Å². The molecule has 0 aliphatic heterocycles. The molecular weight excluding hydrogens is 314 g/mol. The fourth-order valence-corrected chi connectivity index (χ4v) is 3.97. The summed E-state index contributed by atoms with van der Waals surface area (Å²) in [5.41, 5.74) is 1.68. The normalized spacial score (nSPS) is 11.3. The quantitative estimate of drug-likeness (QED) is 0.288. The standard InChI is InChI=1S/C20H35NO2Si/c1-5-23-20(22)18-12-14-19(15-13-18)21-16-10-8-6-7-9-11-17-24(2,3)4/h12-15,21H,5-11,16-17H2,1-4H3. The third-order valence-corrected chi connectivity index (χ3v) is 5.93. The Kier molecular flexibility index (Phi) is 9.77. The van der Waals surface area contributed by atoms with Crippen LogP contribution in [0.3, 0.4) is 0 Å². The van der Waals surface area contributed by atoms with Gasteiger partial charge >= 0.3 is 5.97 Å². The Bertz CT molecular complexity index is 466. The van der Waals surface area contributed by atoms with Crippen LogP contribution in [-0.4, -0.2) is 27.2 Å². The van der Waals surface area contributed by atoms with Gasteiger partial charge in [0.05, 0.1) is 12.2 Å². The molecule has 0 aliphatic carbocycles. The second-order valence-electron chi connectivity index (χ2n) is 7.66. The lowest BCUT2D eigenvalue weighted by atomic mass is 10.1. The van der Waals surface area contributed by atoms with Gasteiger partial charge in [0.15, 0.2) is 0 Å². The third-order valence-electron chi connectivity index (χ3n) is 4.08. The Balaban J connectivity index is 2.06. The molecule has 0 saturated heterocycles. The van der Waals surface area contributed by atoms with Crippen molar-refractivity contribution < 1.29 is 9.53 Å². The molecule has 4 heteroatoms. The number of hydrogen-bond acceptors (Lipinski definition) is 3. The molecule has 0 amide bonds. The van der Waals surface area contributed by atoms with Crippen molar-refractivity contribution in [2.45, 2.75) is 71.1 Å². The van der Waals surface area contributed by atoms with Crippen LogP contribution in [0.15, 0.2) is 24.3 Å². The van der Waals surface area contributed by atoms with E-state index in [0.29, 0.717) is 12.2 Å². The fraction of sp³-hybridized carbons (Fsp3) is 0.650. The van der Waals surface area contributed by atoms with Gasteiger partial charge in [-0.05, 0) is 37.6 Å². The smallest absolute Gasteiger partial charge is 0.338 e. The van der Waals surface area contributed by atoms with E-state index in [0.717, 1.165) is 12.2 Å². The predicted octanol–water partition coefficient (Wildman–Crippen LogP) is 5.95. The largest absolute Gasteiger partial charge is 0.462 e. The van der Waals surface area contributed by atoms with Crippen LogP contribution in [0.4, 0.5) is 5.69 Å². The number of rotatable bonds is 12. The van der Waals surface area contributed by atoms with E-state index < -0.39 is 8.07 Å². The maximum Gasteiger partial charge on any atom is 0.338 e. The van der Waals surface area contributed by atoms with Crippen molar-refractivity contribution in [2.24, 2.45) is 0 Å². The number of anilines is 1. The monoisotopic (exact) mass is 349 g/mol. The SMILES string of the molecule is CCOC(=O)c1ccc(NCCCCCCCC[Si](C)(C)C)cc1. The summed E-state index contributed by atoms with van der Waals surface area (Å²) in [7, 11) is -0.831. The first-order chi connectivity index (χ1) is 11.4. The summed E-state index contributed by atoms with van der Waals surface area (Å²) in [6, 6.07) is 9.00. The molecule has 0 unspecified atom stereocenters. The van der Waals surface area contributed by atoms with Crippen LogP contribution >= 0.6 is 0 Å². The number of carbonyl (C=O) groups excluding carboxylic acids is 1. The molecule has 3 nitrogen and oxygen atoms in total. The fourth-order valence-electron chi connectivity index (χ4n) is 2.66. The maximum atomic E-state index is 11.6. The maximum absolute atomic E-state index is 11.6. The van der Waals surface area contributed by atoms with Gasteiger partial charge < -0.3 is 10.1 Å². The van der Waals surface area contributed by atoms with Crippen molar-refractivity contribution in [3.8, 4) is 0 Å². The molecule has 0 saturated carbocycles. The van der Waals surface area contributed by atoms with Crippen LogP contribution < -0.4 is 5.32 Å². The first-order valence-corrected chi connectivity index (χ1v) is 13.1. The summed E-state index contributed by atoms with van der Waals surface area (Å²) in [6.07, 6.45) is 8.02. The van der Waals surface area contributed by atoms with E-state index >= 15 is 0 Å². The van der Waals surface area contributed by atoms with Crippen LogP contribution in [0.25, 0.3) is 0 Å². The van der Waals surface area contributed by atoms with E-state index in [1.165, 1.54) is 44.6 Å². The molecule has 136 valence electrons. The minimum Gasteiger partial charge on any atom is -0.462 e. The van der Waals surface area contributed by atoms with Gasteiger partial charge in [-0.15, -0.1) is 0 Å².